The largest absolute Gasteiger partial charge is 0.496 e. The minimum atomic E-state index is -4.53. The number of nitrogens with one attached hydrogen (secondary N) is 2. The molecule has 5 nitrogen and oxygen atoms in total. The maximum Gasteiger partial charge on any atom is 0.420 e. The van der Waals surface area contributed by atoms with Gasteiger partial charge in [0.2, 0.25) is 5.95 Å². The monoisotopic (exact) mass is 416 g/mol. The molecule has 0 saturated heterocycles. The molecular formula is C22H23F3N4O. The number of methoxy groups -OCH3 is 1. The fraction of sp³-hybridized carbons (Fsp3) is 0.273. The number of hydrogen-bond acceptors (Lipinski definition) is 5. The number of alkyl halides is 3. The number of nitrogens with zero attached hydrogens (tertiary/aromatic N) is 2. The van der Waals surface area contributed by atoms with Gasteiger partial charge >= 0.3 is 6.18 Å². The predicted molar refractivity (Wildman–Crippen MR) is 112 cm³/mol. The molecule has 158 valence electrons. The van der Waals surface area contributed by atoms with E-state index in [4.69, 9.17) is 4.74 Å². The van der Waals surface area contributed by atoms with Gasteiger partial charge in [-0.15, -0.1) is 0 Å². The molecule has 0 fully saturated rings. The number of benzene rings is 2. The Hall–Kier alpha value is -3.29. The number of hydrogen-bond donors (Lipinski definition) is 2. The summed E-state index contributed by atoms with van der Waals surface area (Å²) < 4.78 is 44.9. The summed E-state index contributed by atoms with van der Waals surface area (Å²) in [6.07, 6.45) is -3.66. The standard InChI is InChI=1S/C22H23F3N4O/c1-4-14(2)26-21-28-18(15-8-6-5-7-9-15)13-20(29-21)27-16-10-11-19(30-3)17(12-16)22(23,24)25/h5-14H,4H2,1-3H3,(H2,26,27,28,29)/t14-/m0/s1. The van der Waals surface area contributed by atoms with Gasteiger partial charge in [-0.1, -0.05) is 37.3 Å². The fourth-order valence-electron chi connectivity index (χ4n) is 2.81. The average molecular weight is 416 g/mol. The van der Waals surface area contributed by atoms with Crippen LogP contribution in [-0.2, 0) is 6.18 Å². The van der Waals surface area contributed by atoms with Gasteiger partial charge in [-0.25, -0.2) is 4.98 Å². The minimum absolute atomic E-state index is 0.140. The van der Waals surface area contributed by atoms with Crippen LogP contribution in [0.25, 0.3) is 11.3 Å². The first kappa shape index (κ1) is 21.4. The van der Waals surface area contributed by atoms with Crippen LogP contribution in [0.4, 0.5) is 30.6 Å². The summed E-state index contributed by atoms with van der Waals surface area (Å²) in [5.74, 6) is 0.547. The number of ether oxygens (including phenoxy) is 1. The summed E-state index contributed by atoms with van der Waals surface area (Å²) in [7, 11) is 1.21. The highest BCUT2D eigenvalue weighted by Gasteiger charge is 2.34. The average Bonchev–Trinajstić information content (AvgIpc) is 2.73. The van der Waals surface area contributed by atoms with Crippen LogP contribution in [0.3, 0.4) is 0 Å². The Morgan fingerprint density at radius 2 is 1.77 bits per heavy atom. The molecular weight excluding hydrogens is 393 g/mol. The van der Waals surface area contributed by atoms with Crippen LogP contribution < -0.4 is 15.4 Å². The third kappa shape index (κ3) is 5.20. The molecule has 0 unspecified atom stereocenters. The maximum atomic E-state index is 13.3. The Kier molecular flexibility index (Phi) is 6.44. The third-order valence-electron chi connectivity index (χ3n) is 4.56. The molecule has 0 amide bonds. The van der Waals surface area contributed by atoms with Crippen LogP contribution >= 0.6 is 0 Å². The van der Waals surface area contributed by atoms with Crippen molar-refractivity contribution >= 4 is 17.5 Å². The van der Waals surface area contributed by atoms with E-state index in [2.05, 4.69) is 20.6 Å². The second-order valence-corrected chi connectivity index (χ2v) is 6.82. The molecule has 30 heavy (non-hydrogen) atoms. The number of aromatic nitrogens is 2. The quantitative estimate of drug-likeness (QED) is 0.486. The lowest BCUT2D eigenvalue weighted by Crippen LogP contribution is -2.16. The van der Waals surface area contributed by atoms with Crippen LogP contribution in [-0.4, -0.2) is 23.1 Å². The molecule has 3 rings (SSSR count). The van der Waals surface area contributed by atoms with E-state index in [9.17, 15) is 13.2 Å². The molecule has 0 bridgehead atoms. The lowest BCUT2D eigenvalue weighted by molar-refractivity contribution is -0.138. The zero-order chi connectivity index (χ0) is 21.7. The number of rotatable bonds is 7. The van der Waals surface area contributed by atoms with E-state index in [0.29, 0.717) is 17.5 Å². The van der Waals surface area contributed by atoms with E-state index in [-0.39, 0.29) is 17.5 Å². The van der Waals surface area contributed by atoms with Gasteiger partial charge in [-0.3, -0.25) is 0 Å². The molecule has 0 saturated carbocycles. The highest BCUT2D eigenvalue weighted by molar-refractivity contribution is 5.68. The van der Waals surface area contributed by atoms with Gasteiger partial charge in [0.25, 0.3) is 0 Å². The van der Waals surface area contributed by atoms with Gasteiger partial charge in [0.15, 0.2) is 0 Å². The third-order valence-corrected chi connectivity index (χ3v) is 4.56. The molecule has 0 aliphatic rings. The molecule has 1 aromatic heterocycles. The van der Waals surface area contributed by atoms with Crippen molar-refractivity contribution in [2.45, 2.75) is 32.5 Å². The van der Waals surface area contributed by atoms with Crippen LogP contribution in [0, 0.1) is 0 Å². The maximum absolute atomic E-state index is 13.3. The summed E-state index contributed by atoms with van der Waals surface area (Å²) in [4.78, 5) is 8.99. The SMILES string of the molecule is CC[C@H](C)Nc1nc(Nc2ccc(OC)c(C(F)(F)F)c2)cc(-c2ccccc2)n1. The highest BCUT2D eigenvalue weighted by Crippen LogP contribution is 2.38. The molecule has 0 spiro atoms. The van der Waals surface area contributed by atoms with Gasteiger partial charge in [0.1, 0.15) is 11.6 Å². The summed E-state index contributed by atoms with van der Waals surface area (Å²) >= 11 is 0. The van der Waals surface area contributed by atoms with E-state index >= 15 is 0 Å². The molecule has 1 atom stereocenters. The Morgan fingerprint density at radius 3 is 2.40 bits per heavy atom. The van der Waals surface area contributed by atoms with Gasteiger partial charge in [0, 0.05) is 23.4 Å². The molecule has 0 radical (unpaired) electrons. The number of halogens is 3. The Balaban J connectivity index is 2.00. The summed E-state index contributed by atoms with van der Waals surface area (Å²) in [5, 5.41) is 6.18. The second kappa shape index (κ2) is 9.02. The Labute approximate surface area is 173 Å². The van der Waals surface area contributed by atoms with Crippen molar-refractivity contribution < 1.29 is 17.9 Å². The van der Waals surface area contributed by atoms with Gasteiger partial charge in [0.05, 0.1) is 18.4 Å². The smallest absolute Gasteiger partial charge is 0.420 e. The van der Waals surface area contributed by atoms with E-state index in [1.807, 2.05) is 44.2 Å². The molecule has 8 heteroatoms. The van der Waals surface area contributed by atoms with Gasteiger partial charge < -0.3 is 15.4 Å². The lowest BCUT2D eigenvalue weighted by atomic mass is 10.1. The first-order valence-corrected chi connectivity index (χ1v) is 9.53. The van der Waals surface area contributed by atoms with Crippen molar-refractivity contribution in [1.29, 1.82) is 0 Å². The Bertz CT molecular complexity index is 993. The lowest BCUT2D eigenvalue weighted by Gasteiger charge is -2.16. The normalized spacial score (nSPS) is 12.3. The van der Waals surface area contributed by atoms with Crippen molar-refractivity contribution in [1.82, 2.24) is 9.97 Å². The summed E-state index contributed by atoms with van der Waals surface area (Å²) in [6.45, 7) is 4.04. The van der Waals surface area contributed by atoms with Crippen LogP contribution in [0.2, 0.25) is 0 Å². The molecule has 2 aromatic carbocycles. The molecule has 2 N–H and O–H groups in total. The van der Waals surface area contributed by atoms with Crippen LogP contribution in [0.15, 0.2) is 54.6 Å². The zero-order valence-corrected chi connectivity index (χ0v) is 16.9. The first-order valence-electron chi connectivity index (χ1n) is 9.53. The van der Waals surface area contributed by atoms with Crippen LogP contribution in [0.5, 0.6) is 5.75 Å². The first-order chi connectivity index (χ1) is 14.3. The van der Waals surface area contributed by atoms with E-state index < -0.39 is 11.7 Å². The summed E-state index contributed by atoms with van der Waals surface area (Å²) in [5.41, 5.74) is 0.921. The molecule has 0 aliphatic carbocycles. The zero-order valence-electron chi connectivity index (χ0n) is 16.9. The van der Waals surface area contributed by atoms with Crippen molar-refractivity contribution in [3.8, 4) is 17.0 Å². The molecule has 0 aliphatic heterocycles. The van der Waals surface area contributed by atoms with E-state index in [1.165, 1.54) is 19.2 Å². The van der Waals surface area contributed by atoms with Crippen LogP contribution in [0.1, 0.15) is 25.8 Å². The van der Waals surface area contributed by atoms with Gasteiger partial charge in [-0.2, -0.15) is 18.2 Å². The Morgan fingerprint density at radius 1 is 1.03 bits per heavy atom. The number of anilines is 3. The molecule has 3 aromatic rings. The van der Waals surface area contributed by atoms with Crippen molar-refractivity contribution in [2.75, 3.05) is 17.7 Å². The van der Waals surface area contributed by atoms with Crippen molar-refractivity contribution in [3.63, 3.8) is 0 Å². The van der Waals surface area contributed by atoms with Gasteiger partial charge in [-0.05, 0) is 31.5 Å². The van der Waals surface area contributed by atoms with E-state index in [0.717, 1.165) is 18.1 Å². The second-order valence-electron chi connectivity index (χ2n) is 6.82. The van der Waals surface area contributed by atoms with Crippen molar-refractivity contribution in [3.05, 3.63) is 60.2 Å². The predicted octanol–water partition coefficient (Wildman–Crippen LogP) is 6.13. The molecule has 1 heterocycles. The topological polar surface area (TPSA) is 59.1 Å². The fourth-order valence-corrected chi connectivity index (χ4v) is 2.81. The highest BCUT2D eigenvalue weighted by atomic mass is 19.4. The van der Waals surface area contributed by atoms with Crippen molar-refractivity contribution in [2.24, 2.45) is 0 Å². The minimum Gasteiger partial charge on any atom is -0.496 e. The summed E-state index contributed by atoms with van der Waals surface area (Å²) in [6, 6.07) is 15.2. The van der Waals surface area contributed by atoms with E-state index in [1.54, 1.807) is 6.07 Å².